The fourth-order valence-electron chi connectivity index (χ4n) is 14.4. The number of nitrogens with one attached hydrogen (secondary N) is 2. The number of aryl methyl sites for hydroxylation is 2. The number of β-amino-alcohol motifs (C(OH)–C–C–N with tert-alkyl or cyclic N) is 2. The molecule has 0 radical (unpaired) electrons. The van der Waals surface area contributed by atoms with Crippen molar-refractivity contribution in [3.8, 4) is 33.5 Å². The smallest absolute Gasteiger partial charge is 0.319 e. The molecule has 5 N–H and O–H groups in total. The molecular weight excluding hydrogens is 1130 g/mol. The van der Waals surface area contributed by atoms with Crippen molar-refractivity contribution in [1.29, 1.82) is 0 Å². The van der Waals surface area contributed by atoms with Crippen molar-refractivity contribution in [2.24, 2.45) is 23.2 Å². The molecule has 8 atom stereocenters. The monoisotopic (exact) mass is 1210 g/mol. The van der Waals surface area contributed by atoms with Crippen LogP contribution in [0.1, 0.15) is 146 Å². The summed E-state index contributed by atoms with van der Waals surface area (Å²) in [5.74, 6) is -0.568. The lowest BCUT2D eigenvalue weighted by Crippen LogP contribution is -2.49. The predicted molar refractivity (Wildman–Crippen MR) is 331 cm³/mol. The predicted octanol–water partition coefficient (Wildman–Crippen LogP) is 10.2. The highest BCUT2D eigenvalue weighted by Crippen LogP contribution is 2.52. The average molecular weight is 1210 g/mol. The number of carbonyl (C=O) groups is 2. The van der Waals surface area contributed by atoms with Crippen LogP contribution in [0.5, 0.6) is 11.8 Å². The van der Waals surface area contributed by atoms with Gasteiger partial charge < -0.3 is 45.4 Å². The minimum Gasteiger partial charge on any atom is -0.508 e. The molecule has 12 rings (SSSR count). The number of pyridine rings is 1. The Morgan fingerprint density at radius 1 is 0.977 bits per heavy atom. The number of thiazole rings is 1. The first-order chi connectivity index (χ1) is 41.8. The van der Waals surface area contributed by atoms with Gasteiger partial charge in [0.05, 0.1) is 63.8 Å². The highest BCUT2D eigenvalue weighted by Gasteiger charge is 2.47. The maximum atomic E-state index is 17.3. The average Bonchev–Trinajstić information content (AvgIpc) is 1.67. The van der Waals surface area contributed by atoms with E-state index in [4.69, 9.17) is 14.7 Å². The fraction of sp³-hybridized carbons (Fsp3) is 0.545. The van der Waals surface area contributed by atoms with Crippen LogP contribution in [0, 0.1) is 41.7 Å². The summed E-state index contributed by atoms with van der Waals surface area (Å²) in [4.78, 5) is 54.2. The van der Waals surface area contributed by atoms with Crippen molar-refractivity contribution in [1.82, 2.24) is 55.4 Å². The minimum absolute atomic E-state index is 0.00771. The van der Waals surface area contributed by atoms with Gasteiger partial charge in [0.25, 0.3) is 0 Å². The van der Waals surface area contributed by atoms with E-state index in [1.165, 1.54) is 23.2 Å². The summed E-state index contributed by atoms with van der Waals surface area (Å²) < 4.78 is 40.7. The van der Waals surface area contributed by atoms with Gasteiger partial charge in [0, 0.05) is 55.8 Å². The van der Waals surface area contributed by atoms with E-state index in [9.17, 15) is 24.9 Å². The third-order valence-corrected chi connectivity index (χ3v) is 20.6. The van der Waals surface area contributed by atoms with Gasteiger partial charge in [0.2, 0.25) is 11.8 Å². The molecule has 5 fully saturated rings. The SMILES string of the molecule is CCc1c(F)ccc2cc(O)cc(-c3ncc4c(N5CCC[C@@](C)(O)C5)nc(OCC5(CC6CCN(C(C)C7CCC(c8cn([C@H](C(=O)N9C[C@H](O)C[C@H]9C(=O)N[C@@H](C)c9ccc(-c%10scnc%10C)cc9)C(C)C)nn8)NC7)CC6)CC5)nc4c3F)c12. The number of nitrogens with zero attached hydrogens (tertiary/aromatic N) is 10. The number of piperidine rings is 3. The van der Waals surface area contributed by atoms with Crippen molar-refractivity contribution < 1.29 is 38.4 Å². The summed E-state index contributed by atoms with van der Waals surface area (Å²) in [6.07, 6.45) is 11.5. The number of anilines is 1. The van der Waals surface area contributed by atoms with E-state index in [1.807, 2.05) is 75.5 Å². The molecule has 87 heavy (non-hydrogen) atoms. The lowest BCUT2D eigenvalue weighted by molar-refractivity contribution is -0.142. The molecule has 21 heteroatoms. The number of carbonyl (C=O) groups excluding carboxylic acids is 2. The van der Waals surface area contributed by atoms with Crippen LogP contribution < -0.4 is 20.3 Å². The number of aliphatic hydroxyl groups excluding tert-OH is 1. The molecule has 462 valence electrons. The van der Waals surface area contributed by atoms with E-state index in [2.05, 4.69) is 42.7 Å². The van der Waals surface area contributed by atoms with E-state index in [0.29, 0.717) is 77.8 Å². The Balaban J connectivity index is 0.650. The first kappa shape index (κ1) is 60.5. The van der Waals surface area contributed by atoms with E-state index in [0.717, 1.165) is 92.0 Å². The molecular formula is C66H82F2N12O6S. The molecule has 4 aliphatic heterocycles. The summed E-state index contributed by atoms with van der Waals surface area (Å²) in [6.45, 7) is 18.0. The number of ether oxygens (including phenoxy) is 1. The molecule has 8 heterocycles. The van der Waals surface area contributed by atoms with Crippen LogP contribution >= 0.6 is 11.3 Å². The van der Waals surface area contributed by atoms with Gasteiger partial charge in [-0.1, -0.05) is 56.3 Å². The van der Waals surface area contributed by atoms with E-state index in [-0.39, 0.29) is 83.3 Å². The van der Waals surface area contributed by atoms with Crippen LogP contribution in [0.4, 0.5) is 14.6 Å². The van der Waals surface area contributed by atoms with Crippen LogP contribution in [0.15, 0.2) is 66.4 Å². The first-order valence-electron chi connectivity index (χ1n) is 31.3. The van der Waals surface area contributed by atoms with E-state index >= 15 is 8.78 Å². The number of amides is 2. The Morgan fingerprint density at radius 3 is 2.45 bits per heavy atom. The maximum Gasteiger partial charge on any atom is 0.319 e. The summed E-state index contributed by atoms with van der Waals surface area (Å²) in [5, 5.41) is 50.3. The van der Waals surface area contributed by atoms with Crippen LogP contribution in [0.2, 0.25) is 0 Å². The number of hydrogen-bond donors (Lipinski definition) is 5. The molecule has 2 amide bonds. The standard InChI is InChI=1S/C66H82F2N12O6S/c1-8-48-51(67)16-14-44-26-46(81)27-49(55(44)48)57-56(68)58-50(31-70-57)61(78-23-9-20-65(7,85)34-78)74-64(73-58)86-35-66(21-22-66)29-41-18-24-77(25-19-41)40(6)45-15-17-52(69-30-45)53-33-80(76-75-53)59(37(2)3)63(84)79-32-47(82)28-54(79)62(83)72-38(4)42-10-12-43(13-11-42)60-39(5)71-36-87-60/h10-14,16,26-27,31,33,36-38,40-41,45,47,52,54,59,69,81-82,85H,8-9,15,17-25,28-30,32,34-35H2,1-7H3,(H,72,83)/t38-,40?,45?,47+,52?,54-,59-,65+/m0/s1. The summed E-state index contributed by atoms with van der Waals surface area (Å²) >= 11 is 1.59. The quantitative estimate of drug-likeness (QED) is 0.0540. The van der Waals surface area contributed by atoms with Crippen molar-refractivity contribution in [3.05, 3.63) is 101 Å². The van der Waals surface area contributed by atoms with E-state index in [1.54, 1.807) is 35.1 Å². The van der Waals surface area contributed by atoms with Crippen molar-refractivity contribution in [3.63, 3.8) is 0 Å². The molecule has 0 spiro atoms. The molecule has 4 aromatic heterocycles. The largest absolute Gasteiger partial charge is 0.508 e. The first-order valence-corrected chi connectivity index (χ1v) is 32.2. The number of phenols is 1. The number of aliphatic hydroxyl groups is 2. The normalized spacial score (nSPS) is 23.8. The lowest BCUT2D eigenvalue weighted by Gasteiger charge is -2.42. The van der Waals surface area contributed by atoms with Crippen LogP contribution in [-0.2, 0) is 16.0 Å². The van der Waals surface area contributed by atoms with Gasteiger partial charge in [0.15, 0.2) is 5.82 Å². The third-order valence-electron chi connectivity index (χ3n) is 19.6. The maximum absolute atomic E-state index is 17.3. The molecule has 3 aromatic carbocycles. The van der Waals surface area contributed by atoms with Gasteiger partial charge in [-0.2, -0.15) is 9.97 Å². The van der Waals surface area contributed by atoms with Crippen molar-refractivity contribution in [2.45, 2.75) is 161 Å². The number of halogens is 2. The molecule has 5 aliphatic rings. The van der Waals surface area contributed by atoms with Crippen LogP contribution in [-0.4, -0.2) is 142 Å². The van der Waals surface area contributed by atoms with Crippen molar-refractivity contribution >= 4 is 50.6 Å². The Hall–Kier alpha value is -6.78. The molecule has 18 nitrogen and oxygen atoms in total. The molecule has 0 bridgehead atoms. The zero-order valence-electron chi connectivity index (χ0n) is 51.0. The third kappa shape index (κ3) is 12.5. The zero-order chi connectivity index (χ0) is 61.1. The van der Waals surface area contributed by atoms with E-state index < -0.39 is 35.4 Å². The minimum atomic E-state index is -0.979. The number of aromatic hydroxyl groups is 1. The summed E-state index contributed by atoms with van der Waals surface area (Å²) in [6, 6.07) is 12.5. The van der Waals surface area contributed by atoms with Crippen LogP contribution in [0.25, 0.3) is 43.4 Å². The molecule has 1 aliphatic carbocycles. The Kier molecular flexibility index (Phi) is 17.1. The molecule has 7 aromatic rings. The molecule has 1 saturated carbocycles. The highest BCUT2D eigenvalue weighted by atomic mass is 32.1. The summed E-state index contributed by atoms with van der Waals surface area (Å²) in [7, 11) is 0. The number of benzene rings is 3. The second-order valence-corrected chi connectivity index (χ2v) is 27.2. The number of hydrogen-bond acceptors (Lipinski definition) is 16. The molecule has 3 unspecified atom stereocenters. The Labute approximate surface area is 511 Å². The van der Waals surface area contributed by atoms with Crippen LogP contribution in [0.3, 0.4) is 0 Å². The van der Waals surface area contributed by atoms with Gasteiger partial charge in [-0.3, -0.25) is 14.6 Å². The fourth-order valence-corrected chi connectivity index (χ4v) is 15.2. The Morgan fingerprint density at radius 2 is 1.76 bits per heavy atom. The number of phenolic OH excluding ortho intramolecular Hbond substituents is 1. The Bertz CT molecular complexity index is 3650. The van der Waals surface area contributed by atoms with Gasteiger partial charge in [0.1, 0.15) is 40.7 Å². The van der Waals surface area contributed by atoms with Gasteiger partial charge in [-0.15, -0.1) is 16.4 Å². The lowest BCUT2D eigenvalue weighted by atomic mass is 9.83. The second-order valence-electron chi connectivity index (χ2n) is 26.3. The number of aromatic nitrogens is 7. The van der Waals surface area contributed by atoms with Gasteiger partial charge in [-0.05, 0) is 168 Å². The second kappa shape index (κ2) is 24.7. The molecule has 4 saturated heterocycles. The number of rotatable bonds is 18. The number of likely N-dealkylation sites (tertiary alicyclic amines) is 2. The van der Waals surface area contributed by atoms with Gasteiger partial charge in [-0.25, -0.2) is 18.4 Å². The van der Waals surface area contributed by atoms with Crippen molar-refractivity contribution in [2.75, 3.05) is 50.8 Å². The topological polar surface area (TPSA) is 220 Å². The number of fused-ring (bicyclic) bond motifs is 2. The zero-order valence-corrected chi connectivity index (χ0v) is 51.8. The summed E-state index contributed by atoms with van der Waals surface area (Å²) in [5.41, 5.74) is 5.20. The van der Waals surface area contributed by atoms with Gasteiger partial charge >= 0.3 is 6.01 Å². The highest BCUT2D eigenvalue weighted by molar-refractivity contribution is 7.13.